The molecule has 2 rings (SSSR count). The van der Waals surface area contributed by atoms with E-state index in [2.05, 4.69) is 5.32 Å². The number of para-hydroxylation sites is 2. The second-order valence-corrected chi connectivity index (χ2v) is 5.37. The van der Waals surface area contributed by atoms with E-state index in [4.69, 9.17) is 16.3 Å². The summed E-state index contributed by atoms with van der Waals surface area (Å²) in [4.78, 5) is 22.6. The average Bonchev–Trinajstić information content (AvgIpc) is 2.50. The largest absolute Gasteiger partial charge is 0.481 e. The molecule has 0 aromatic heterocycles. The zero-order chi connectivity index (χ0) is 17.0. The van der Waals surface area contributed by atoms with Crippen molar-refractivity contribution in [3.05, 3.63) is 63.2 Å². The molecule has 1 atom stereocenters. The monoisotopic (exact) mass is 334 g/mol. The van der Waals surface area contributed by atoms with Gasteiger partial charge in [0.05, 0.1) is 4.92 Å². The first kappa shape index (κ1) is 16.8. The van der Waals surface area contributed by atoms with Gasteiger partial charge in [0.15, 0.2) is 6.10 Å². The number of aryl methyl sites for hydroxylation is 1. The molecule has 2 aromatic carbocycles. The Labute approximate surface area is 138 Å². The van der Waals surface area contributed by atoms with Crippen LogP contribution in [0.2, 0.25) is 5.02 Å². The maximum atomic E-state index is 12.2. The van der Waals surface area contributed by atoms with Gasteiger partial charge >= 0.3 is 0 Å². The number of nitrogens with one attached hydrogen (secondary N) is 1. The fourth-order valence-electron chi connectivity index (χ4n) is 1.96. The summed E-state index contributed by atoms with van der Waals surface area (Å²) in [5.74, 6) is 0.0493. The molecule has 7 heteroatoms. The number of nitro benzene ring substituents is 1. The molecule has 1 N–H and O–H groups in total. The Balaban J connectivity index is 2.10. The molecule has 1 amide bonds. The molecule has 0 saturated carbocycles. The molecule has 0 aliphatic heterocycles. The van der Waals surface area contributed by atoms with Crippen molar-refractivity contribution in [3.63, 3.8) is 0 Å². The van der Waals surface area contributed by atoms with Crippen LogP contribution in [0, 0.1) is 17.0 Å². The Bertz CT molecular complexity index is 749. The van der Waals surface area contributed by atoms with Gasteiger partial charge in [-0.2, -0.15) is 0 Å². The topological polar surface area (TPSA) is 81.5 Å². The third-order valence-corrected chi connectivity index (χ3v) is 3.40. The highest BCUT2D eigenvalue weighted by Gasteiger charge is 2.20. The van der Waals surface area contributed by atoms with E-state index in [1.165, 1.54) is 18.2 Å². The number of carbonyl (C=O) groups excluding carboxylic acids is 1. The van der Waals surface area contributed by atoms with Crippen LogP contribution in [0.3, 0.4) is 0 Å². The lowest BCUT2D eigenvalue weighted by molar-refractivity contribution is -0.383. The van der Waals surface area contributed by atoms with Gasteiger partial charge in [0.1, 0.15) is 11.4 Å². The van der Waals surface area contributed by atoms with E-state index in [0.29, 0.717) is 10.8 Å². The van der Waals surface area contributed by atoms with Crippen LogP contribution < -0.4 is 10.1 Å². The summed E-state index contributed by atoms with van der Waals surface area (Å²) in [6, 6.07) is 11.0. The molecule has 0 saturated heterocycles. The number of benzene rings is 2. The first-order valence-electron chi connectivity index (χ1n) is 6.85. The number of rotatable bonds is 5. The number of nitrogens with zero attached hydrogens (tertiary/aromatic N) is 1. The number of hydrogen-bond acceptors (Lipinski definition) is 4. The molecule has 23 heavy (non-hydrogen) atoms. The van der Waals surface area contributed by atoms with Gasteiger partial charge < -0.3 is 10.1 Å². The Morgan fingerprint density at radius 1 is 1.30 bits per heavy atom. The van der Waals surface area contributed by atoms with E-state index in [9.17, 15) is 14.9 Å². The number of ether oxygens (including phenoxy) is 1. The molecule has 0 aliphatic carbocycles. The Hall–Kier alpha value is -2.60. The zero-order valence-electron chi connectivity index (χ0n) is 12.6. The molecule has 6 nitrogen and oxygen atoms in total. The van der Waals surface area contributed by atoms with E-state index in [-0.39, 0.29) is 11.4 Å². The van der Waals surface area contributed by atoms with E-state index in [1.54, 1.807) is 31.2 Å². The molecule has 0 spiro atoms. The van der Waals surface area contributed by atoms with Crippen molar-refractivity contribution in [2.75, 3.05) is 5.32 Å². The third kappa shape index (κ3) is 4.20. The Kier molecular flexibility index (Phi) is 5.18. The molecular formula is C16H15ClN2O4. The predicted molar refractivity (Wildman–Crippen MR) is 88.0 cm³/mol. The summed E-state index contributed by atoms with van der Waals surface area (Å²) in [6.45, 7) is 3.38. The maximum Gasteiger partial charge on any atom is 0.292 e. The highest BCUT2D eigenvalue weighted by molar-refractivity contribution is 6.30. The smallest absolute Gasteiger partial charge is 0.292 e. The fourth-order valence-corrected chi connectivity index (χ4v) is 2.19. The van der Waals surface area contributed by atoms with Crippen LogP contribution in [0.4, 0.5) is 11.4 Å². The van der Waals surface area contributed by atoms with Crippen LogP contribution in [0.1, 0.15) is 12.5 Å². The summed E-state index contributed by atoms with van der Waals surface area (Å²) >= 11 is 5.87. The lowest BCUT2D eigenvalue weighted by Crippen LogP contribution is -2.30. The van der Waals surface area contributed by atoms with Crippen molar-refractivity contribution in [2.45, 2.75) is 20.0 Å². The van der Waals surface area contributed by atoms with Crippen LogP contribution in [0.25, 0.3) is 0 Å². The molecule has 2 aromatic rings. The molecule has 0 fully saturated rings. The number of anilines is 1. The molecule has 0 aliphatic rings. The van der Waals surface area contributed by atoms with Gasteiger partial charge in [-0.25, -0.2) is 0 Å². The second kappa shape index (κ2) is 7.11. The second-order valence-electron chi connectivity index (χ2n) is 4.93. The van der Waals surface area contributed by atoms with Crippen LogP contribution in [0.5, 0.6) is 5.75 Å². The molecule has 0 bridgehead atoms. The summed E-state index contributed by atoms with van der Waals surface area (Å²) in [5.41, 5.74) is 0.754. The van der Waals surface area contributed by atoms with E-state index >= 15 is 0 Å². The molecular weight excluding hydrogens is 320 g/mol. The van der Waals surface area contributed by atoms with Gasteiger partial charge in [0.25, 0.3) is 11.6 Å². The van der Waals surface area contributed by atoms with Crippen LogP contribution >= 0.6 is 11.6 Å². The summed E-state index contributed by atoms with van der Waals surface area (Å²) in [6.07, 6.45) is -0.824. The highest BCUT2D eigenvalue weighted by atomic mass is 35.5. The molecule has 120 valence electrons. The minimum Gasteiger partial charge on any atom is -0.481 e. The van der Waals surface area contributed by atoms with Crippen molar-refractivity contribution in [3.8, 4) is 5.75 Å². The lowest BCUT2D eigenvalue weighted by Gasteiger charge is -2.16. The van der Waals surface area contributed by atoms with Crippen LogP contribution in [0.15, 0.2) is 42.5 Å². The molecule has 0 unspecified atom stereocenters. The SMILES string of the molecule is Cc1cc(Cl)ccc1O[C@H](C)C(=O)Nc1ccccc1[N+](=O)[O-]. The first-order valence-corrected chi connectivity index (χ1v) is 7.23. The van der Waals surface area contributed by atoms with E-state index in [1.807, 2.05) is 6.92 Å². The van der Waals surface area contributed by atoms with Gasteiger partial charge in [-0.1, -0.05) is 23.7 Å². The molecule has 0 heterocycles. The summed E-state index contributed by atoms with van der Waals surface area (Å²) < 4.78 is 5.59. The lowest BCUT2D eigenvalue weighted by atomic mass is 10.2. The number of hydrogen-bond donors (Lipinski definition) is 1. The first-order chi connectivity index (χ1) is 10.9. The van der Waals surface area contributed by atoms with Crippen molar-refractivity contribution in [2.24, 2.45) is 0 Å². The minimum absolute atomic E-state index is 0.130. The molecule has 0 radical (unpaired) electrons. The summed E-state index contributed by atoms with van der Waals surface area (Å²) in [7, 11) is 0. The average molecular weight is 335 g/mol. The number of halogens is 1. The van der Waals surface area contributed by atoms with Crippen molar-refractivity contribution < 1.29 is 14.5 Å². The number of amides is 1. The van der Waals surface area contributed by atoms with Crippen LogP contribution in [-0.4, -0.2) is 16.9 Å². The fraction of sp³-hybridized carbons (Fsp3) is 0.188. The normalized spacial score (nSPS) is 11.6. The van der Waals surface area contributed by atoms with Crippen molar-refractivity contribution in [1.29, 1.82) is 0 Å². The van der Waals surface area contributed by atoms with Gasteiger partial charge in [-0.15, -0.1) is 0 Å². The number of carbonyl (C=O) groups is 1. The van der Waals surface area contributed by atoms with Crippen LogP contribution in [-0.2, 0) is 4.79 Å². The quantitative estimate of drug-likeness (QED) is 0.662. The van der Waals surface area contributed by atoms with Crippen molar-refractivity contribution in [1.82, 2.24) is 0 Å². The van der Waals surface area contributed by atoms with Gasteiger partial charge in [0.2, 0.25) is 0 Å². The standard InChI is InChI=1S/C16H15ClN2O4/c1-10-9-12(17)7-8-15(10)23-11(2)16(20)18-13-5-3-4-6-14(13)19(21)22/h3-9,11H,1-2H3,(H,18,20)/t11-/m1/s1. The predicted octanol–water partition coefficient (Wildman–Crippen LogP) is 3.96. The summed E-state index contributed by atoms with van der Waals surface area (Å²) in [5, 5.41) is 14.0. The van der Waals surface area contributed by atoms with E-state index < -0.39 is 16.9 Å². The van der Waals surface area contributed by atoms with Gasteiger partial charge in [-0.05, 0) is 43.7 Å². The number of nitro groups is 1. The van der Waals surface area contributed by atoms with E-state index in [0.717, 1.165) is 5.56 Å². The third-order valence-electron chi connectivity index (χ3n) is 3.17. The minimum atomic E-state index is -0.824. The Morgan fingerprint density at radius 3 is 2.65 bits per heavy atom. The Morgan fingerprint density at radius 2 is 2.00 bits per heavy atom. The highest BCUT2D eigenvalue weighted by Crippen LogP contribution is 2.25. The maximum absolute atomic E-state index is 12.2. The van der Waals surface area contributed by atoms with Gasteiger partial charge in [-0.3, -0.25) is 14.9 Å². The van der Waals surface area contributed by atoms with Gasteiger partial charge in [0, 0.05) is 11.1 Å². The van der Waals surface area contributed by atoms with Crippen molar-refractivity contribution >= 4 is 28.9 Å². The zero-order valence-corrected chi connectivity index (χ0v) is 13.3.